The molecule has 0 aromatic heterocycles. The molecule has 3 heteroatoms. The van der Waals surface area contributed by atoms with E-state index in [9.17, 15) is 0 Å². The molecule has 0 aromatic carbocycles. The minimum atomic E-state index is -1.53. The van der Waals surface area contributed by atoms with Gasteiger partial charge in [-0.1, -0.05) is 0 Å². The van der Waals surface area contributed by atoms with Crippen LogP contribution >= 0.6 is 0 Å². The van der Waals surface area contributed by atoms with Gasteiger partial charge >= 0.3 is 0 Å². The van der Waals surface area contributed by atoms with Gasteiger partial charge in [-0.3, -0.25) is 0 Å². The second-order valence-corrected chi connectivity index (χ2v) is 9.47. The number of hydrogen-bond donors (Lipinski definition) is 0. The lowest BCUT2D eigenvalue weighted by Crippen LogP contribution is -2.29. The van der Waals surface area contributed by atoms with Crippen molar-refractivity contribution in [1.82, 2.24) is 0 Å². The minimum absolute atomic E-state index is 0.179. The van der Waals surface area contributed by atoms with Gasteiger partial charge in [0.15, 0.2) is 0 Å². The summed E-state index contributed by atoms with van der Waals surface area (Å²) in [6.45, 7) is 14.4. The largest absolute Gasteiger partial charge is 0.520 e. The molecule has 0 unspecified atom stereocenters. The van der Waals surface area contributed by atoms with Crippen molar-refractivity contribution < 1.29 is 9.16 Å². The molecule has 0 spiro atoms. The van der Waals surface area contributed by atoms with Crippen LogP contribution in [0.3, 0.4) is 0 Å². The summed E-state index contributed by atoms with van der Waals surface area (Å²) < 4.78 is 11.4. The Morgan fingerprint density at radius 1 is 1.15 bits per heavy atom. The SMILES string of the molecule is C/C=C(/OC(C)(C)C)O[Si](C)(C)C. The minimum Gasteiger partial charge on any atom is -0.520 e. The summed E-state index contributed by atoms with van der Waals surface area (Å²) in [6, 6.07) is 0. The van der Waals surface area contributed by atoms with Crippen molar-refractivity contribution in [2.75, 3.05) is 0 Å². The van der Waals surface area contributed by atoms with E-state index in [1.54, 1.807) is 0 Å². The summed E-state index contributed by atoms with van der Waals surface area (Å²) in [5.41, 5.74) is -0.179. The molecule has 0 bridgehead atoms. The Kier molecular flexibility index (Phi) is 4.04. The lowest BCUT2D eigenvalue weighted by atomic mass is 10.2. The summed E-state index contributed by atoms with van der Waals surface area (Å²) in [5, 5.41) is 0. The van der Waals surface area contributed by atoms with Gasteiger partial charge in [0.1, 0.15) is 5.60 Å². The maximum Gasteiger partial charge on any atom is 0.261 e. The third-order valence-corrected chi connectivity index (χ3v) is 1.86. The zero-order chi connectivity index (χ0) is 10.7. The highest BCUT2D eigenvalue weighted by Crippen LogP contribution is 2.18. The maximum atomic E-state index is 5.74. The van der Waals surface area contributed by atoms with Crippen molar-refractivity contribution in [2.45, 2.75) is 52.9 Å². The molecule has 0 saturated carbocycles. The molecule has 0 aliphatic heterocycles. The first-order valence-corrected chi connectivity index (χ1v) is 8.09. The summed E-state index contributed by atoms with van der Waals surface area (Å²) in [4.78, 5) is 0. The van der Waals surface area contributed by atoms with Crippen LogP contribution in [-0.4, -0.2) is 13.9 Å². The van der Waals surface area contributed by atoms with E-state index >= 15 is 0 Å². The first kappa shape index (κ1) is 12.6. The number of allylic oxidation sites excluding steroid dienone is 1. The van der Waals surface area contributed by atoms with E-state index < -0.39 is 8.32 Å². The molecule has 0 fully saturated rings. The van der Waals surface area contributed by atoms with Crippen molar-refractivity contribution in [1.29, 1.82) is 0 Å². The fraction of sp³-hybridized carbons (Fsp3) is 0.800. The molecule has 0 N–H and O–H groups in total. The standard InChI is InChI=1S/C10H22O2Si/c1-8-9(11-10(2,3)4)12-13(5,6)7/h8H,1-7H3/b9-8-. The molecule has 0 saturated heterocycles. The molecule has 0 heterocycles. The number of rotatable bonds is 3. The van der Waals surface area contributed by atoms with Crippen molar-refractivity contribution in [3.05, 3.63) is 12.0 Å². The summed E-state index contributed by atoms with van der Waals surface area (Å²) in [5.74, 6) is 0.659. The molecular formula is C10H22O2Si. The van der Waals surface area contributed by atoms with Gasteiger partial charge in [-0.25, -0.2) is 0 Å². The summed E-state index contributed by atoms with van der Waals surface area (Å²) in [6.07, 6.45) is 1.88. The van der Waals surface area contributed by atoms with Crippen LogP contribution < -0.4 is 0 Å². The van der Waals surface area contributed by atoms with Crippen LogP contribution in [0.25, 0.3) is 0 Å². The highest BCUT2D eigenvalue weighted by atomic mass is 28.4. The summed E-state index contributed by atoms with van der Waals surface area (Å²) in [7, 11) is -1.53. The van der Waals surface area contributed by atoms with Gasteiger partial charge in [0, 0.05) is 0 Å². The van der Waals surface area contributed by atoms with E-state index in [0.717, 1.165) is 0 Å². The third kappa shape index (κ3) is 7.90. The van der Waals surface area contributed by atoms with Crippen molar-refractivity contribution in [2.24, 2.45) is 0 Å². The Morgan fingerprint density at radius 3 is 1.85 bits per heavy atom. The molecule has 0 aromatic rings. The molecule has 0 aliphatic rings. The Morgan fingerprint density at radius 2 is 1.62 bits per heavy atom. The molecule has 78 valence electrons. The fourth-order valence-corrected chi connectivity index (χ4v) is 1.51. The average Bonchev–Trinajstić information content (AvgIpc) is 1.79. The number of ether oxygens (including phenoxy) is 1. The first-order valence-electron chi connectivity index (χ1n) is 4.68. The molecular weight excluding hydrogens is 180 g/mol. The van der Waals surface area contributed by atoms with Crippen LogP contribution in [0, 0.1) is 0 Å². The average molecular weight is 202 g/mol. The van der Waals surface area contributed by atoms with Gasteiger partial charge in [-0.15, -0.1) is 0 Å². The molecule has 13 heavy (non-hydrogen) atoms. The second-order valence-electron chi connectivity index (χ2n) is 5.04. The van der Waals surface area contributed by atoms with E-state index in [1.165, 1.54) is 0 Å². The second kappa shape index (κ2) is 4.18. The predicted octanol–water partition coefficient (Wildman–Crippen LogP) is 3.51. The zero-order valence-electron chi connectivity index (χ0n) is 9.89. The molecule has 0 amide bonds. The topological polar surface area (TPSA) is 18.5 Å². The van der Waals surface area contributed by atoms with Crippen molar-refractivity contribution >= 4 is 8.32 Å². The van der Waals surface area contributed by atoms with Gasteiger partial charge in [-0.2, -0.15) is 0 Å². The third-order valence-electron chi connectivity index (χ3n) is 1.05. The van der Waals surface area contributed by atoms with Crippen LogP contribution in [0.4, 0.5) is 0 Å². The van der Waals surface area contributed by atoms with Crippen LogP contribution in [0.5, 0.6) is 0 Å². The molecule has 0 atom stereocenters. The van der Waals surface area contributed by atoms with Gasteiger partial charge in [0.25, 0.3) is 5.95 Å². The van der Waals surface area contributed by atoms with Crippen molar-refractivity contribution in [3.8, 4) is 0 Å². The van der Waals surface area contributed by atoms with Gasteiger partial charge in [-0.05, 0) is 53.4 Å². The van der Waals surface area contributed by atoms with E-state index in [1.807, 2.05) is 33.8 Å². The van der Waals surface area contributed by atoms with Crippen LogP contribution in [0.2, 0.25) is 19.6 Å². The smallest absolute Gasteiger partial charge is 0.261 e. The van der Waals surface area contributed by atoms with E-state index in [4.69, 9.17) is 9.16 Å². The van der Waals surface area contributed by atoms with E-state index in [2.05, 4.69) is 19.6 Å². The lowest BCUT2D eigenvalue weighted by Gasteiger charge is -2.27. The van der Waals surface area contributed by atoms with Crippen LogP contribution in [-0.2, 0) is 9.16 Å². The Bertz CT molecular complexity index is 166. The normalized spacial score (nSPS) is 14.2. The van der Waals surface area contributed by atoms with Crippen molar-refractivity contribution in [3.63, 3.8) is 0 Å². The van der Waals surface area contributed by atoms with Gasteiger partial charge in [0.2, 0.25) is 8.32 Å². The highest BCUT2D eigenvalue weighted by molar-refractivity contribution is 6.69. The monoisotopic (exact) mass is 202 g/mol. The maximum absolute atomic E-state index is 5.74. The lowest BCUT2D eigenvalue weighted by molar-refractivity contribution is -0.00859. The van der Waals surface area contributed by atoms with Gasteiger partial charge in [0.05, 0.1) is 0 Å². The summed E-state index contributed by atoms with van der Waals surface area (Å²) >= 11 is 0. The highest BCUT2D eigenvalue weighted by Gasteiger charge is 2.21. The van der Waals surface area contributed by atoms with Crippen LogP contribution in [0.1, 0.15) is 27.7 Å². The molecule has 0 aliphatic carbocycles. The number of hydrogen-bond acceptors (Lipinski definition) is 2. The zero-order valence-corrected chi connectivity index (χ0v) is 10.9. The molecule has 0 rings (SSSR count). The quantitative estimate of drug-likeness (QED) is 0.515. The van der Waals surface area contributed by atoms with Gasteiger partial charge < -0.3 is 9.16 Å². The van der Waals surface area contributed by atoms with Crippen LogP contribution in [0.15, 0.2) is 12.0 Å². The Labute approximate surface area is 83.1 Å². The fourth-order valence-electron chi connectivity index (χ4n) is 0.742. The van der Waals surface area contributed by atoms with E-state index in [-0.39, 0.29) is 5.60 Å². The van der Waals surface area contributed by atoms with E-state index in [0.29, 0.717) is 5.95 Å². The first-order chi connectivity index (χ1) is 5.64. The predicted molar refractivity (Wildman–Crippen MR) is 59.0 cm³/mol. The molecule has 2 nitrogen and oxygen atoms in total. The Hall–Kier alpha value is -0.443. The molecule has 0 radical (unpaired) electrons. The Balaban J connectivity index is 4.24.